The highest BCUT2D eigenvalue weighted by Crippen LogP contribution is 2.29. The summed E-state index contributed by atoms with van der Waals surface area (Å²) in [7, 11) is -3.30. The highest BCUT2D eigenvalue weighted by Gasteiger charge is 2.29. The van der Waals surface area contributed by atoms with E-state index in [1.54, 1.807) is 6.07 Å². The molecule has 22 heavy (non-hydrogen) atoms. The van der Waals surface area contributed by atoms with Crippen molar-refractivity contribution in [3.8, 4) is 0 Å². The first-order chi connectivity index (χ1) is 10.4. The summed E-state index contributed by atoms with van der Waals surface area (Å²) >= 11 is 5.09. The summed E-state index contributed by atoms with van der Waals surface area (Å²) in [6.07, 6.45) is 4.13. The fourth-order valence-corrected chi connectivity index (χ4v) is 4.92. The van der Waals surface area contributed by atoms with Gasteiger partial charge in [-0.1, -0.05) is 12.8 Å². The lowest BCUT2D eigenvalue weighted by Crippen LogP contribution is -2.25. The Morgan fingerprint density at radius 1 is 1.32 bits per heavy atom. The van der Waals surface area contributed by atoms with E-state index in [1.807, 2.05) is 19.1 Å². The van der Waals surface area contributed by atoms with Gasteiger partial charge in [0.05, 0.1) is 5.25 Å². The lowest BCUT2D eigenvalue weighted by Gasteiger charge is -2.15. The molecular weight excluding hydrogens is 320 g/mol. The van der Waals surface area contributed by atoms with E-state index in [4.69, 9.17) is 17.0 Å². The van der Waals surface area contributed by atoms with E-state index >= 15 is 0 Å². The fourth-order valence-electron chi connectivity index (χ4n) is 3.07. The van der Waals surface area contributed by atoms with Gasteiger partial charge in [0.1, 0.15) is 6.10 Å². The molecular formula is C15H20N2O3S2. The van der Waals surface area contributed by atoms with Crippen molar-refractivity contribution in [3.63, 3.8) is 0 Å². The van der Waals surface area contributed by atoms with Gasteiger partial charge in [-0.05, 0) is 55.7 Å². The molecule has 1 aliphatic heterocycles. The fraction of sp³-hybridized carbons (Fsp3) is 0.533. The smallest absolute Gasteiger partial charge is 0.261 e. The molecule has 0 bridgehead atoms. The van der Waals surface area contributed by atoms with E-state index in [1.165, 1.54) is 0 Å². The predicted octanol–water partition coefficient (Wildman–Crippen LogP) is 3.03. The standard InChI is InChI=1S/C15H20N2O3S2/c1-10-8-11-9-12(6-7-14(11)16-15(21)20-10)17-22(18,19)13-4-2-3-5-13/h6-7,9-10,13,17H,2-5,8H2,1H3,(H,16,21). The molecule has 0 amide bonds. The molecule has 2 N–H and O–H groups in total. The third-order valence-electron chi connectivity index (χ3n) is 4.16. The third-order valence-corrected chi connectivity index (χ3v) is 6.23. The molecule has 0 spiro atoms. The monoisotopic (exact) mass is 340 g/mol. The number of hydrogen-bond acceptors (Lipinski definition) is 4. The van der Waals surface area contributed by atoms with Gasteiger partial charge in [0.25, 0.3) is 5.17 Å². The minimum atomic E-state index is -3.30. The van der Waals surface area contributed by atoms with E-state index in [2.05, 4.69) is 10.0 Å². The van der Waals surface area contributed by atoms with Crippen LogP contribution in [-0.4, -0.2) is 24.9 Å². The van der Waals surface area contributed by atoms with E-state index in [9.17, 15) is 8.42 Å². The second-order valence-electron chi connectivity index (χ2n) is 5.97. The summed E-state index contributed by atoms with van der Waals surface area (Å²) in [5.41, 5.74) is 2.48. The van der Waals surface area contributed by atoms with Crippen molar-refractivity contribution in [2.75, 3.05) is 10.0 Å². The molecule has 1 aliphatic carbocycles. The molecule has 1 aromatic rings. The molecule has 0 aromatic heterocycles. The first-order valence-electron chi connectivity index (χ1n) is 7.56. The molecule has 3 rings (SSSR count). The van der Waals surface area contributed by atoms with Gasteiger partial charge in [0.15, 0.2) is 0 Å². The van der Waals surface area contributed by atoms with Crippen molar-refractivity contribution in [1.29, 1.82) is 0 Å². The lowest BCUT2D eigenvalue weighted by molar-refractivity contribution is 0.217. The third kappa shape index (κ3) is 3.35. The van der Waals surface area contributed by atoms with Gasteiger partial charge in [0.2, 0.25) is 10.0 Å². The van der Waals surface area contributed by atoms with Crippen LogP contribution in [0.3, 0.4) is 0 Å². The highest BCUT2D eigenvalue weighted by atomic mass is 32.2. The number of sulfonamides is 1. The van der Waals surface area contributed by atoms with Gasteiger partial charge in [-0.25, -0.2) is 8.42 Å². The summed E-state index contributed by atoms with van der Waals surface area (Å²) in [5, 5.41) is 3.12. The molecule has 1 unspecified atom stereocenters. The Bertz CT molecular complexity index is 682. The van der Waals surface area contributed by atoms with Crippen LogP contribution < -0.4 is 10.0 Å². The zero-order valence-corrected chi connectivity index (χ0v) is 14.1. The van der Waals surface area contributed by atoms with Gasteiger partial charge in [-0.2, -0.15) is 0 Å². The first kappa shape index (κ1) is 15.6. The number of nitrogens with one attached hydrogen (secondary N) is 2. The quantitative estimate of drug-likeness (QED) is 0.828. The molecule has 0 saturated heterocycles. The number of rotatable bonds is 3. The van der Waals surface area contributed by atoms with Crippen molar-refractivity contribution in [2.45, 2.75) is 50.4 Å². The van der Waals surface area contributed by atoms with Crippen LogP contribution >= 0.6 is 12.2 Å². The lowest BCUT2D eigenvalue weighted by atomic mass is 10.1. The first-order valence-corrected chi connectivity index (χ1v) is 9.52. The molecule has 1 atom stereocenters. The van der Waals surface area contributed by atoms with Gasteiger partial charge in [-0.3, -0.25) is 4.72 Å². The minimum absolute atomic E-state index is 0.0389. The highest BCUT2D eigenvalue weighted by molar-refractivity contribution is 7.93. The number of ether oxygens (including phenoxy) is 1. The Morgan fingerprint density at radius 3 is 2.77 bits per heavy atom. The minimum Gasteiger partial charge on any atom is -0.467 e. The molecule has 2 aliphatic rings. The maximum Gasteiger partial charge on any atom is 0.261 e. The summed E-state index contributed by atoms with van der Waals surface area (Å²) < 4.78 is 33.0. The second kappa shape index (κ2) is 6.04. The van der Waals surface area contributed by atoms with Crippen molar-refractivity contribution < 1.29 is 13.2 Å². The van der Waals surface area contributed by atoms with Crippen molar-refractivity contribution in [3.05, 3.63) is 23.8 Å². The van der Waals surface area contributed by atoms with Gasteiger partial charge < -0.3 is 10.1 Å². The van der Waals surface area contributed by atoms with Crippen LogP contribution in [0.4, 0.5) is 11.4 Å². The van der Waals surface area contributed by atoms with Gasteiger partial charge in [0, 0.05) is 17.8 Å². The Kier molecular flexibility index (Phi) is 4.27. The Morgan fingerprint density at radius 2 is 2.05 bits per heavy atom. The topological polar surface area (TPSA) is 67.4 Å². The molecule has 5 nitrogen and oxygen atoms in total. The van der Waals surface area contributed by atoms with E-state index < -0.39 is 10.0 Å². The van der Waals surface area contributed by atoms with E-state index in [0.717, 1.165) is 36.9 Å². The van der Waals surface area contributed by atoms with Crippen LogP contribution in [0.1, 0.15) is 38.2 Å². The molecule has 1 aromatic carbocycles. The average Bonchev–Trinajstić information content (AvgIpc) is 2.91. The molecule has 7 heteroatoms. The molecule has 1 saturated carbocycles. The molecule has 120 valence electrons. The van der Waals surface area contributed by atoms with Crippen LogP contribution in [0.15, 0.2) is 18.2 Å². The van der Waals surface area contributed by atoms with Crippen molar-refractivity contribution in [2.24, 2.45) is 0 Å². The normalized spacial score (nSPS) is 22.4. The number of anilines is 2. The van der Waals surface area contributed by atoms with Crippen molar-refractivity contribution in [1.82, 2.24) is 0 Å². The van der Waals surface area contributed by atoms with E-state index in [-0.39, 0.29) is 11.4 Å². The van der Waals surface area contributed by atoms with Crippen molar-refractivity contribution >= 4 is 38.8 Å². The van der Waals surface area contributed by atoms with Gasteiger partial charge in [-0.15, -0.1) is 0 Å². The summed E-state index contributed by atoms with van der Waals surface area (Å²) in [6, 6.07) is 5.47. The summed E-state index contributed by atoms with van der Waals surface area (Å²) in [5.74, 6) is 0. The Balaban J connectivity index is 1.83. The zero-order chi connectivity index (χ0) is 15.7. The Hall–Kier alpha value is -1.34. The average molecular weight is 340 g/mol. The van der Waals surface area contributed by atoms with Crippen LogP contribution in [0.2, 0.25) is 0 Å². The molecule has 1 fully saturated rings. The van der Waals surface area contributed by atoms with E-state index in [0.29, 0.717) is 17.3 Å². The zero-order valence-electron chi connectivity index (χ0n) is 12.5. The largest absolute Gasteiger partial charge is 0.467 e. The number of hydrogen-bond donors (Lipinski definition) is 2. The predicted molar refractivity (Wildman–Crippen MR) is 91.7 cm³/mol. The molecule has 0 radical (unpaired) electrons. The van der Waals surface area contributed by atoms with Crippen LogP contribution in [-0.2, 0) is 21.2 Å². The molecule has 1 heterocycles. The van der Waals surface area contributed by atoms with Crippen LogP contribution in [0.5, 0.6) is 0 Å². The summed E-state index contributed by atoms with van der Waals surface area (Å²) in [6.45, 7) is 1.94. The number of benzene rings is 1. The summed E-state index contributed by atoms with van der Waals surface area (Å²) in [4.78, 5) is 0. The Labute approximate surface area is 136 Å². The number of fused-ring (bicyclic) bond motifs is 1. The van der Waals surface area contributed by atoms with Crippen LogP contribution in [0.25, 0.3) is 0 Å². The maximum absolute atomic E-state index is 12.4. The number of thiocarbonyl (C=S) groups is 1. The van der Waals surface area contributed by atoms with Crippen LogP contribution in [0, 0.1) is 0 Å². The van der Waals surface area contributed by atoms with Gasteiger partial charge >= 0.3 is 0 Å². The second-order valence-corrected chi connectivity index (χ2v) is 8.30. The maximum atomic E-state index is 12.4. The SMILES string of the molecule is CC1Cc2cc(NS(=O)(=O)C3CCCC3)ccc2NC(=S)O1.